The summed E-state index contributed by atoms with van der Waals surface area (Å²) in [5, 5.41) is 9.02. The lowest BCUT2D eigenvalue weighted by Crippen LogP contribution is -2.38. The Balaban J connectivity index is 2.30. The maximum absolute atomic E-state index is 12.3. The van der Waals surface area contributed by atoms with Gasteiger partial charge in [0.25, 0.3) is 5.91 Å². The van der Waals surface area contributed by atoms with Gasteiger partial charge in [-0.3, -0.25) is 4.79 Å². The van der Waals surface area contributed by atoms with Crippen LogP contribution in [0.1, 0.15) is 24.2 Å². The van der Waals surface area contributed by atoms with E-state index in [1.807, 2.05) is 26.0 Å². The van der Waals surface area contributed by atoms with Crippen molar-refractivity contribution in [1.29, 1.82) is 0 Å². The van der Waals surface area contributed by atoms with E-state index in [0.29, 0.717) is 12.1 Å². The van der Waals surface area contributed by atoms with Gasteiger partial charge in [-0.1, -0.05) is 0 Å². The van der Waals surface area contributed by atoms with Crippen molar-refractivity contribution in [2.24, 2.45) is 0 Å². The van der Waals surface area contributed by atoms with Gasteiger partial charge in [0, 0.05) is 18.2 Å². The third-order valence-electron chi connectivity index (χ3n) is 2.80. The van der Waals surface area contributed by atoms with Gasteiger partial charge in [0.05, 0.1) is 22.3 Å². The molecule has 0 radical (unpaired) electrons. The summed E-state index contributed by atoms with van der Waals surface area (Å²) < 4.78 is 1.01. The molecule has 0 aliphatic heterocycles. The van der Waals surface area contributed by atoms with Crippen LogP contribution in [0.5, 0.6) is 0 Å². The molecule has 2 aromatic rings. The molecule has 96 valence electrons. The molecule has 0 bridgehead atoms. The summed E-state index contributed by atoms with van der Waals surface area (Å²) in [4.78, 5) is 18.2. The normalized spacial score (nSPS) is 11.1. The Bertz CT molecular complexity index is 551. The highest BCUT2D eigenvalue weighted by atomic mass is 32.1. The fraction of sp³-hybridized carbons (Fsp3) is 0.385. The minimum absolute atomic E-state index is 0.0211. The molecule has 4 nitrogen and oxygen atoms in total. The molecule has 1 N–H and O–H groups in total. The molecule has 0 saturated heterocycles. The maximum atomic E-state index is 12.3. The second kappa shape index (κ2) is 5.46. The summed E-state index contributed by atoms with van der Waals surface area (Å²) in [6, 6.07) is 5.58. The van der Waals surface area contributed by atoms with Gasteiger partial charge in [-0.05, 0) is 32.0 Å². The number of rotatable bonds is 4. The van der Waals surface area contributed by atoms with Gasteiger partial charge in [-0.15, -0.1) is 11.3 Å². The van der Waals surface area contributed by atoms with Crippen molar-refractivity contribution in [2.45, 2.75) is 19.9 Å². The SMILES string of the molecule is CC(C)N(CCO)C(=O)c1ccc2ncsc2c1. The Morgan fingerprint density at radius 1 is 1.50 bits per heavy atom. The number of aromatic nitrogens is 1. The van der Waals surface area contributed by atoms with Crippen molar-refractivity contribution < 1.29 is 9.90 Å². The number of carbonyl (C=O) groups is 1. The first-order valence-electron chi connectivity index (χ1n) is 5.88. The van der Waals surface area contributed by atoms with Gasteiger partial charge in [0.2, 0.25) is 0 Å². The van der Waals surface area contributed by atoms with E-state index in [9.17, 15) is 4.79 Å². The zero-order valence-electron chi connectivity index (χ0n) is 10.5. The zero-order valence-corrected chi connectivity index (χ0v) is 11.3. The number of carbonyl (C=O) groups excluding carboxylic acids is 1. The molecule has 0 unspecified atom stereocenters. The van der Waals surface area contributed by atoms with Crippen LogP contribution in [-0.2, 0) is 0 Å². The minimum Gasteiger partial charge on any atom is -0.395 e. The van der Waals surface area contributed by atoms with Crippen LogP contribution in [0.25, 0.3) is 10.2 Å². The summed E-state index contributed by atoms with van der Waals surface area (Å²) in [6.45, 7) is 4.22. The Morgan fingerprint density at radius 3 is 2.94 bits per heavy atom. The number of nitrogens with zero attached hydrogens (tertiary/aromatic N) is 2. The molecule has 1 amide bonds. The monoisotopic (exact) mass is 264 g/mol. The Morgan fingerprint density at radius 2 is 2.28 bits per heavy atom. The molecule has 1 aromatic heterocycles. The van der Waals surface area contributed by atoms with E-state index < -0.39 is 0 Å². The number of hydrogen-bond donors (Lipinski definition) is 1. The molecule has 2 rings (SSSR count). The van der Waals surface area contributed by atoms with Crippen molar-refractivity contribution in [3.8, 4) is 0 Å². The van der Waals surface area contributed by atoms with Crippen LogP contribution in [0.2, 0.25) is 0 Å². The summed E-state index contributed by atoms with van der Waals surface area (Å²) >= 11 is 1.52. The van der Waals surface area contributed by atoms with Gasteiger partial charge in [-0.2, -0.15) is 0 Å². The number of hydrogen-bond acceptors (Lipinski definition) is 4. The second-order valence-corrected chi connectivity index (χ2v) is 5.24. The van der Waals surface area contributed by atoms with Gasteiger partial charge >= 0.3 is 0 Å². The fourth-order valence-electron chi connectivity index (χ4n) is 1.86. The van der Waals surface area contributed by atoms with Crippen LogP contribution in [0, 0.1) is 0 Å². The smallest absolute Gasteiger partial charge is 0.254 e. The first-order valence-corrected chi connectivity index (χ1v) is 6.76. The van der Waals surface area contributed by atoms with Crippen LogP contribution in [0.4, 0.5) is 0 Å². The van der Waals surface area contributed by atoms with Crippen molar-refractivity contribution in [1.82, 2.24) is 9.88 Å². The maximum Gasteiger partial charge on any atom is 0.254 e. The molecule has 0 fully saturated rings. The summed E-state index contributed by atoms with van der Waals surface area (Å²) in [5.74, 6) is -0.0469. The van der Waals surface area contributed by atoms with E-state index in [2.05, 4.69) is 4.98 Å². The standard InChI is InChI=1S/C13H16N2O2S/c1-9(2)15(5-6-16)13(17)10-3-4-11-12(7-10)18-8-14-11/h3-4,7-9,16H,5-6H2,1-2H3. The Kier molecular flexibility index (Phi) is 3.93. The second-order valence-electron chi connectivity index (χ2n) is 4.35. The highest BCUT2D eigenvalue weighted by molar-refractivity contribution is 7.16. The lowest BCUT2D eigenvalue weighted by Gasteiger charge is -2.26. The van der Waals surface area contributed by atoms with Gasteiger partial charge in [-0.25, -0.2) is 4.98 Å². The molecule has 0 spiro atoms. The van der Waals surface area contributed by atoms with Crippen LogP contribution >= 0.6 is 11.3 Å². The van der Waals surface area contributed by atoms with Crippen molar-refractivity contribution in [2.75, 3.05) is 13.2 Å². The zero-order chi connectivity index (χ0) is 13.1. The van der Waals surface area contributed by atoms with Gasteiger partial charge in [0.1, 0.15) is 0 Å². The van der Waals surface area contributed by atoms with Crippen molar-refractivity contribution in [3.63, 3.8) is 0 Å². The van der Waals surface area contributed by atoms with E-state index >= 15 is 0 Å². The van der Waals surface area contributed by atoms with Crippen LogP contribution in [0.15, 0.2) is 23.7 Å². The van der Waals surface area contributed by atoms with Crippen molar-refractivity contribution in [3.05, 3.63) is 29.3 Å². The summed E-state index contributed by atoms with van der Waals surface area (Å²) in [6.07, 6.45) is 0. The van der Waals surface area contributed by atoms with Crippen LogP contribution in [-0.4, -0.2) is 40.1 Å². The predicted molar refractivity (Wildman–Crippen MR) is 72.9 cm³/mol. The average Bonchev–Trinajstić information content (AvgIpc) is 2.81. The average molecular weight is 264 g/mol. The predicted octanol–water partition coefficient (Wildman–Crippen LogP) is 2.14. The van der Waals surface area contributed by atoms with E-state index in [-0.39, 0.29) is 18.6 Å². The first-order chi connectivity index (χ1) is 8.63. The minimum atomic E-state index is -0.0469. The molecule has 0 atom stereocenters. The fourth-order valence-corrected chi connectivity index (χ4v) is 2.57. The molecule has 1 heterocycles. The summed E-state index contributed by atoms with van der Waals surface area (Å²) in [7, 11) is 0. The topological polar surface area (TPSA) is 53.4 Å². The molecule has 0 saturated carbocycles. The third-order valence-corrected chi connectivity index (χ3v) is 3.60. The van der Waals surface area contributed by atoms with E-state index in [1.165, 1.54) is 11.3 Å². The third kappa shape index (κ3) is 2.52. The Hall–Kier alpha value is -1.46. The lowest BCUT2D eigenvalue weighted by molar-refractivity contribution is 0.0665. The number of aliphatic hydroxyl groups is 1. The molecule has 5 heteroatoms. The quantitative estimate of drug-likeness (QED) is 0.920. The van der Waals surface area contributed by atoms with Crippen LogP contribution in [0.3, 0.4) is 0 Å². The lowest BCUT2D eigenvalue weighted by atomic mass is 10.1. The molecular formula is C13H16N2O2S. The molecule has 0 aliphatic rings. The van der Waals surface area contributed by atoms with Gasteiger partial charge < -0.3 is 10.0 Å². The molecule has 0 aliphatic carbocycles. The first kappa shape index (κ1) is 13.0. The highest BCUT2D eigenvalue weighted by Gasteiger charge is 2.18. The van der Waals surface area contributed by atoms with Crippen molar-refractivity contribution >= 4 is 27.5 Å². The molecule has 1 aromatic carbocycles. The highest BCUT2D eigenvalue weighted by Crippen LogP contribution is 2.20. The van der Waals surface area contributed by atoms with E-state index in [4.69, 9.17) is 5.11 Å². The summed E-state index contributed by atoms with van der Waals surface area (Å²) in [5.41, 5.74) is 3.33. The number of thiazole rings is 1. The molecule has 18 heavy (non-hydrogen) atoms. The number of benzene rings is 1. The molecular weight excluding hydrogens is 248 g/mol. The van der Waals surface area contributed by atoms with Crippen LogP contribution < -0.4 is 0 Å². The van der Waals surface area contributed by atoms with Gasteiger partial charge in [0.15, 0.2) is 0 Å². The van der Waals surface area contributed by atoms with E-state index in [0.717, 1.165) is 10.2 Å². The Labute approximate surface area is 110 Å². The number of fused-ring (bicyclic) bond motifs is 1. The largest absolute Gasteiger partial charge is 0.395 e. The number of amides is 1. The van der Waals surface area contributed by atoms with E-state index in [1.54, 1.807) is 16.5 Å². The number of aliphatic hydroxyl groups excluding tert-OH is 1.